The predicted octanol–water partition coefficient (Wildman–Crippen LogP) is 5.85. The van der Waals surface area contributed by atoms with Crippen molar-refractivity contribution in [2.24, 2.45) is 0 Å². The highest BCUT2D eigenvalue weighted by Gasteiger charge is 2.25. The van der Waals surface area contributed by atoms with Crippen molar-refractivity contribution in [2.45, 2.75) is 52.9 Å². The van der Waals surface area contributed by atoms with Crippen LogP contribution in [0.1, 0.15) is 57.0 Å². The largest absolute Gasteiger partial charge is 0.347 e. The van der Waals surface area contributed by atoms with E-state index in [9.17, 15) is 0 Å². The second kappa shape index (κ2) is 12.1. The number of hydrogen-bond acceptors (Lipinski definition) is 6. The van der Waals surface area contributed by atoms with Crippen LogP contribution in [0.4, 0.5) is 0 Å². The van der Waals surface area contributed by atoms with E-state index in [1.807, 2.05) is 32.0 Å². The van der Waals surface area contributed by atoms with Gasteiger partial charge >= 0.3 is 0 Å². The Hall–Kier alpha value is -3.07. The number of hydrogen-bond donors (Lipinski definition) is 1. The van der Waals surface area contributed by atoms with E-state index in [1.54, 1.807) is 0 Å². The van der Waals surface area contributed by atoms with Crippen molar-refractivity contribution in [3.05, 3.63) is 70.8 Å². The van der Waals surface area contributed by atoms with E-state index in [1.165, 1.54) is 0 Å². The number of rotatable bonds is 12. The Morgan fingerprint density at radius 1 is 0.971 bits per heavy atom. The van der Waals surface area contributed by atoms with Crippen molar-refractivity contribution in [1.29, 1.82) is 0 Å². The second-order valence-corrected chi connectivity index (χ2v) is 8.47. The third kappa shape index (κ3) is 5.78. The lowest BCUT2D eigenvalue weighted by Gasteiger charge is -2.20. The summed E-state index contributed by atoms with van der Waals surface area (Å²) in [4.78, 5) is 4.68. The number of aromatic amines is 1. The Bertz CT molecular complexity index is 1200. The van der Waals surface area contributed by atoms with Crippen LogP contribution in [-0.2, 0) is 22.4 Å². The number of tetrazole rings is 1. The van der Waals surface area contributed by atoms with Crippen molar-refractivity contribution in [3.8, 4) is 22.5 Å². The first-order valence-corrected chi connectivity index (χ1v) is 12.4. The number of aryl methyl sites for hydroxylation is 1. The van der Waals surface area contributed by atoms with Crippen LogP contribution >= 0.6 is 11.6 Å². The number of imidazole rings is 1. The molecule has 8 nitrogen and oxygen atoms in total. The summed E-state index contributed by atoms with van der Waals surface area (Å²) in [5.41, 5.74) is 4.95. The monoisotopic (exact) mass is 494 g/mol. The number of ether oxygens (including phenoxy) is 2. The lowest BCUT2D eigenvalue weighted by Crippen LogP contribution is -2.17. The number of nitrogens with one attached hydrogen (secondary N) is 1. The number of H-pyrrole nitrogens is 1. The summed E-state index contributed by atoms with van der Waals surface area (Å²) in [6.07, 6.45) is 2.40. The first-order valence-electron chi connectivity index (χ1n) is 12.1. The van der Waals surface area contributed by atoms with Crippen molar-refractivity contribution < 1.29 is 9.47 Å². The Morgan fingerprint density at radius 2 is 1.69 bits per heavy atom. The molecule has 0 spiro atoms. The van der Waals surface area contributed by atoms with Crippen LogP contribution in [0.2, 0.25) is 5.15 Å². The molecule has 4 aromatic rings. The molecule has 0 aliphatic carbocycles. The molecule has 0 aliphatic heterocycles. The molecule has 0 aliphatic rings. The van der Waals surface area contributed by atoms with E-state index in [2.05, 4.69) is 67.4 Å². The van der Waals surface area contributed by atoms with E-state index < -0.39 is 6.29 Å². The van der Waals surface area contributed by atoms with E-state index in [-0.39, 0.29) is 0 Å². The third-order valence-electron chi connectivity index (χ3n) is 5.77. The Morgan fingerprint density at radius 3 is 2.31 bits per heavy atom. The second-order valence-electron chi connectivity index (χ2n) is 8.11. The fourth-order valence-electron chi connectivity index (χ4n) is 4.09. The zero-order chi connectivity index (χ0) is 24.6. The van der Waals surface area contributed by atoms with Crippen LogP contribution in [-0.4, -0.2) is 43.4 Å². The summed E-state index contributed by atoms with van der Waals surface area (Å²) in [5.74, 6) is 1.52. The number of benzene rings is 2. The van der Waals surface area contributed by atoms with E-state index >= 15 is 0 Å². The smallest absolute Gasteiger partial charge is 0.205 e. The molecule has 9 heteroatoms. The van der Waals surface area contributed by atoms with Gasteiger partial charge < -0.3 is 14.0 Å². The van der Waals surface area contributed by atoms with Crippen molar-refractivity contribution in [1.82, 2.24) is 30.2 Å². The minimum atomic E-state index is -0.554. The first-order chi connectivity index (χ1) is 17.2. The van der Waals surface area contributed by atoms with Gasteiger partial charge in [-0.1, -0.05) is 73.5 Å². The maximum absolute atomic E-state index is 6.62. The molecule has 35 heavy (non-hydrogen) atoms. The van der Waals surface area contributed by atoms with E-state index in [4.69, 9.17) is 21.1 Å². The molecular weight excluding hydrogens is 464 g/mol. The summed E-state index contributed by atoms with van der Waals surface area (Å²) in [7, 11) is 0. The summed E-state index contributed by atoms with van der Waals surface area (Å²) >= 11 is 6.62. The van der Waals surface area contributed by atoms with Gasteiger partial charge in [0.05, 0.1) is 0 Å². The van der Waals surface area contributed by atoms with Gasteiger partial charge in [-0.15, -0.1) is 10.2 Å². The zero-order valence-corrected chi connectivity index (χ0v) is 21.1. The molecule has 0 atom stereocenters. The van der Waals surface area contributed by atoms with Gasteiger partial charge in [-0.05, 0) is 42.2 Å². The molecule has 0 amide bonds. The van der Waals surface area contributed by atoms with Gasteiger partial charge in [0.2, 0.25) is 12.1 Å². The molecule has 0 saturated carbocycles. The van der Waals surface area contributed by atoms with Gasteiger partial charge in [-0.25, -0.2) is 4.98 Å². The Kier molecular flexibility index (Phi) is 8.63. The molecule has 2 aromatic heterocycles. The topological polar surface area (TPSA) is 90.7 Å². The van der Waals surface area contributed by atoms with Gasteiger partial charge in [-0.2, -0.15) is 5.21 Å². The average Bonchev–Trinajstić information content (AvgIpc) is 3.51. The van der Waals surface area contributed by atoms with Crippen LogP contribution in [0.15, 0.2) is 48.5 Å². The number of halogens is 1. The van der Waals surface area contributed by atoms with Gasteiger partial charge in [0.15, 0.2) is 5.15 Å². The molecular formula is C26H31ClN6O2. The molecule has 184 valence electrons. The van der Waals surface area contributed by atoms with Crippen LogP contribution < -0.4 is 0 Å². The lowest BCUT2D eigenvalue weighted by molar-refractivity contribution is -0.144. The molecule has 2 heterocycles. The summed E-state index contributed by atoms with van der Waals surface area (Å²) in [5, 5.41) is 15.0. The fraction of sp³-hybridized carbons (Fsp3) is 0.385. The Labute approximate surface area is 210 Å². The summed E-state index contributed by atoms with van der Waals surface area (Å²) < 4.78 is 13.9. The maximum atomic E-state index is 6.62. The van der Waals surface area contributed by atoms with Crippen molar-refractivity contribution in [3.63, 3.8) is 0 Å². The zero-order valence-electron chi connectivity index (χ0n) is 20.4. The molecule has 0 unspecified atom stereocenters. The minimum Gasteiger partial charge on any atom is -0.347 e. The lowest BCUT2D eigenvalue weighted by atomic mass is 9.98. The molecule has 0 saturated heterocycles. The van der Waals surface area contributed by atoms with E-state index in [0.717, 1.165) is 53.0 Å². The number of aromatic nitrogens is 6. The summed E-state index contributed by atoms with van der Waals surface area (Å²) in [6, 6.07) is 16.5. The Balaban J connectivity index is 1.66. The normalized spacial score (nSPS) is 11.5. The van der Waals surface area contributed by atoms with Gasteiger partial charge in [-0.3, -0.25) is 0 Å². The quantitative estimate of drug-likeness (QED) is 0.248. The molecule has 0 bridgehead atoms. The minimum absolute atomic E-state index is 0.439. The van der Waals surface area contributed by atoms with Crippen LogP contribution in [0.3, 0.4) is 0 Å². The summed E-state index contributed by atoms with van der Waals surface area (Å²) in [6.45, 7) is 7.73. The molecule has 0 fully saturated rings. The van der Waals surface area contributed by atoms with Gasteiger partial charge in [0.25, 0.3) is 0 Å². The molecule has 4 rings (SSSR count). The molecule has 1 N–H and O–H groups in total. The standard InChI is InChI=1S/C26H31ClN6O2/c1-4-7-12-22-28-24(27)23(26(34-5-2)35-6-3)33(22)17-18-13-15-19(16-14-18)20-10-8-9-11-21(20)25-29-31-32-30-25/h8-11,13-16,26H,4-7,12,17H2,1-3H3,(H,29,30,31,32). The third-order valence-corrected chi connectivity index (χ3v) is 6.05. The molecule has 2 aromatic carbocycles. The first kappa shape index (κ1) is 25.0. The van der Waals surface area contributed by atoms with E-state index in [0.29, 0.717) is 30.7 Å². The number of nitrogens with zero attached hydrogens (tertiary/aromatic N) is 5. The van der Waals surface area contributed by atoms with Crippen molar-refractivity contribution >= 4 is 11.6 Å². The highest BCUT2D eigenvalue weighted by molar-refractivity contribution is 6.30. The van der Waals surface area contributed by atoms with Crippen LogP contribution in [0, 0.1) is 0 Å². The molecule has 0 radical (unpaired) electrons. The predicted molar refractivity (Wildman–Crippen MR) is 136 cm³/mol. The van der Waals surface area contributed by atoms with Gasteiger partial charge in [0, 0.05) is 31.7 Å². The van der Waals surface area contributed by atoms with Gasteiger partial charge in [0.1, 0.15) is 11.5 Å². The van der Waals surface area contributed by atoms with Crippen LogP contribution in [0.5, 0.6) is 0 Å². The SMILES string of the molecule is CCCCc1nc(Cl)c(C(OCC)OCC)n1Cc1ccc(-c2ccccc2-c2nn[nH]n2)cc1. The van der Waals surface area contributed by atoms with Crippen LogP contribution in [0.25, 0.3) is 22.5 Å². The number of unbranched alkanes of at least 4 members (excludes halogenated alkanes) is 1. The highest BCUT2D eigenvalue weighted by atomic mass is 35.5. The van der Waals surface area contributed by atoms with Crippen molar-refractivity contribution in [2.75, 3.05) is 13.2 Å². The maximum Gasteiger partial charge on any atom is 0.205 e. The highest BCUT2D eigenvalue weighted by Crippen LogP contribution is 2.32. The average molecular weight is 495 g/mol. The fourth-order valence-corrected chi connectivity index (χ4v) is 4.38.